The molecule has 0 saturated carbocycles. The summed E-state index contributed by atoms with van der Waals surface area (Å²) >= 11 is 0. The van der Waals surface area contributed by atoms with E-state index in [9.17, 15) is 0 Å². The zero-order valence-electron chi connectivity index (χ0n) is 10.1. The van der Waals surface area contributed by atoms with Gasteiger partial charge in [-0.1, -0.05) is 38.3 Å². The zero-order chi connectivity index (χ0) is 10.6. The van der Waals surface area contributed by atoms with Crippen molar-refractivity contribution in [1.82, 2.24) is 0 Å². The molecular formula is C12H26OSi. The van der Waals surface area contributed by atoms with Crippen molar-refractivity contribution in [2.45, 2.75) is 58.5 Å². The van der Waals surface area contributed by atoms with E-state index in [0.29, 0.717) is 0 Å². The molecule has 1 nitrogen and oxygen atoms in total. The first-order chi connectivity index (χ1) is 6.77. The van der Waals surface area contributed by atoms with Crippen molar-refractivity contribution >= 4 is 9.04 Å². The highest BCUT2D eigenvalue weighted by Gasteiger charge is 1.91. The standard InChI is InChI=1S/C12H26OSi/c1-4-5-6-7-8-9-10-11-12-13-14(2)3/h9-10,14H,4-8,11-12H2,1-3H3. The number of hydrogen-bond donors (Lipinski definition) is 0. The third kappa shape index (κ3) is 11.9. The fourth-order valence-electron chi connectivity index (χ4n) is 1.30. The van der Waals surface area contributed by atoms with E-state index in [2.05, 4.69) is 32.2 Å². The molecule has 0 radical (unpaired) electrons. The lowest BCUT2D eigenvalue weighted by molar-refractivity contribution is 0.334. The van der Waals surface area contributed by atoms with Crippen molar-refractivity contribution in [2.24, 2.45) is 0 Å². The lowest BCUT2D eigenvalue weighted by Crippen LogP contribution is -2.07. The van der Waals surface area contributed by atoms with Crippen LogP contribution in [0.1, 0.15) is 45.4 Å². The van der Waals surface area contributed by atoms with Gasteiger partial charge < -0.3 is 4.43 Å². The minimum atomic E-state index is -0.779. The van der Waals surface area contributed by atoms with Gasteiger partial charge in [0.2, 0.25) is 0 Å². The van der Waals surface area contributed by atoms with Crippen molar-refractivity contribution in [3.8, 4) is 0 Å². The highest BCUT2D eigenvalue weighted by atomic mass is 28.3. The summed E-state index contributed by atoms with van der Waals surface area (Å²) in [6, 6.07) is 0. The summed E-state index contributed by atoms with van der Waals surface area (Å²) in [6.07, 6.45) is 12.4. The van der Waals surface area contributed by atoms with E-state index in [1.165, 1.54) is 32.1 Å². The molecule has 0 saturated heterocycles. The van der Waals surface area contributed by atoms with E-state index in [1.807, 2.05) is 0 Å². The molecule has 0 aliphatic carbocycles. The molecule has 0 aromatic carbocycles. The maximum absolute atomic E-state index is 5.57. The van der Waals surface area contributed by atoms with Crippen molar-refractivity contribution in [1.29, 1.82) is 0 Å². The van der Waals surface area contributed by atoms with Crippen LogP contribution in [0.15, 0.2) is 12.2 Å². The Labute approximate surface area is 91.3 Å². The third-order valence-electron chi connectivity index (χ3n) is 2.13. The van der Waals surface area contributed by atoms with Crippen LogP contribution >= 0.6 is 0 Å². The Morgan fingerprint density at radius 2 is 1.71 bits per heavy atom. The van der Waals surface area contributed by atoms with Crippen molar-refractivity contribution in [3.63, 3.8) is 0 Å². The van der Waals surface area contributed by atoms with Gasteiger partial charge in [-0.05, 0) is 32.4 Å². The second-order valence-electron chi connectivity index (χ2n) is 4.03. The minimum Gasteiger partial charge on any atom is -0.420 e. The van der Waals surface area contributed by atoms with Crippen molar-refractivity contribution in [2.75, 3.05) is 6.61 Å². The second kappa shape index (κ2) is 11.0. The average molecular weight is 214 g/mol. The summed E-state index contributed by atoms with van der Waals surface area (Å²) in [4.78, 5) is 0. The Bertz CT molecular complexity index is 132. The molecular weight excluding hydrogens is 188 g/mol. The van der Waals surface area contributed by atoms with Gasteiger partial charge in [-0.25, -0.2) is 0 Å². The van der Waals surface area contributed by atoms with Crippen LogP contribution < -0.4 is 0 Å². The lowest BCUT2D eigenvalue weighted by atomic mass is 10.1. The summed E-state index contributed by atoms with van der Waals surface area (Å²) < 4.78 is 5.57. The predicted octanol–water partition coefficient (Wildman–Crippen LogP) is 3.90. The van der Waals surface area contributed by atoms with Gasteiger partial charge in [0.25, 0.3) is 0 Å². The molecule has 0 aromatic rings. The zero-order valence-corrected chi connectivity index (χ0v) is 11.2. The van der Waals surface area contributed by atoms with Gasteiger partial charge in [-0.15, -0.1) is 0 Å². The van der Waals surface area contributed by atoms with Crippen LogP contribution in [-0.2, 0) is 4.43 Å². The first-order valence-electron chi connectivity index (χ1n) is 6.04. The molecule has 0 aliphatic rings. The van der Waals surface area contributed by atoms with Crippen LogP contribution in [0, 0.1) is 0 Å². The van der Waals surface area contributed by atoms with Gasteiger partial charge in [0, 0.05) is 6.61 Å². The number of allylic oxidation sites excluding steroid dienone is 1. The molecule has 0 heterocycles. The van der Waals surface area contributed by atoms with Gasteiger partial charge in [-0.3, -0.25) is 0 Å². The van der Waals surface area contributed by atoms with Crippen molar-refractivity contribution < 1.29 is 4.43 Å². The smallest absolute Gasteiger partial charge is 0.170 e. The molecule has 0 unspecified atom stereocenters. The predicted molar refractivity (Wildman–Crippen MR) is 67.3 cm³/mol. The highest BCUT2D eigenvalue weighted by Crippen LogP contribution is 2.03. The summed E-state index contributed by atoms with van der Waals surface area (Å²) in [6.45, 7) is 7.61. The van der Waals surface area contributed by atoms with E-state index < -0.39 is 9.04 Å². The first-order valence-corrected chi connectivity index (χ1v) is 8.82. The molecule has 0 aliphatic heterocycles. The molecule has 84 valence electrons. The Hall–Kier alpha value is -0.0831. The van der Waals surface area contributed by atoms with Gasteiger partial charge in [0.05, 0.1) is 0 Å². The van der Waals surface area contributed by atoms with Crippen LogP contribution in [0.5, 0.6) is 0 Å². The largest absolute Gasteiger partial charge is 0.420 e. The maximum atomic E-state index is 5.57. The lowest BCUT2D eigenvalue weighted by Gasteiger charge is -2.03. The average Bonchev–Trinajstić information content (AvgIpc) is 2.15. The Balaban J connectivity index is 3.04. The fraction of sp³-hybridized carbons (Fsp3) is 0.833. The molecule has 0 fully saturated rings. The molecule has 2 heteroatoms. The van der Waals surface area contributed by atoms with Crippen LogP contribution in [0.25, 0.3) is 0 Å². The molecule has 0 aromatic heterocycles. The van der Waals surface area contributed by atoms with Gasteiger partial charge >= 0.3 is 0 Å². The van der Waals surface area contributed by atoms with E-state index in [1.54, 1.807) is 0 Å². The highest BCUT2D eigenvalue weighted by molar-refractivity contribution is 6.48. The van der Waals surface area contributed by atoms with Crippen LogP contribution in [0.3, 0.4) is 0 Å². The molecule has 0 bridgehead atoms. The Morgan fingerprint density at radius 1 is 1.00 bits per heavy atom. The van der Waals surface area contributed by atoms with Gasteiger partial charge in [0.1, 0.15) is 0 Å². The number of rotatable bonds is 9. The molecule has 0 rings (SSSR count). The van der Waals surface area contributed by atoms with Crippen LogP contribution in [0.2, 0.25) is 13.1 Å². The normalized spacial score (nSPS) is 11.7. The van der Waals surface area contributed by atoms with Crippen LogP contribution in [-0.4, -0.2) is 15.6 Å². The van der Waals surface area contributed by atoms with E-state index in [4.69, 9.17) is 4.43 Å². The van der Waals surface area contributed by atoms with Gasteiger partial charge in [-0.2, -0.15) is 0 Å². The SMILES string of the molecule is CCCCCCC=CCCO[SiH](C)C. The molecule has 14 heavy (non-hydrogen) atoms. The first kappa shape index (κ1) is 13.9. The summed E-state index contributed by atoms with van der Waals surface area (Å²) in [5.41, 5.74) is 0. The fourth-order valence-corrected chi connectivity index (χ4v) is 1.90. The monoisotopic (exact) mass is 214 g/mol. The molecule has 0 N–H and O–H groups in total. The maximum Gasteiger partial charge on any atom is 0.170 e. The molecule has 0 amide bonds. The summed E-state index contributed by atoms with van der Waals surface area (Å²) in [7, 11) is -0.779. The van der Waals surface area contributed by atoms with E-state index in [0.717, 1.165) is 13.0 Å². The minimum absolute atomic E-state index is 0.779. The second-order valence-corrected chi connectivity index (χ2v) is 6.46. The van der Waals surface area contributed by atoms with Crippen LogP contribution in [0.4, 0.5) is 0 Å². The molecule has 0 atom stereocenters. The van der Waals surface area contributed by atoms with Gasteiger partial charge in [0.15, 0.2) is 9.04 Å². The van der Waals surface area contributed by atoms with E-state index >= 15 is 0 Å². The Kier molecular flexibility index (Phi) is 10.9. The Morgan fingerprint density at radius 3 is 2.36 bits per heavy atom. The quantitative estimate of drug-likeness (QED) is 0.321. The van der Waals surface area contributed by atoms with E-state index in [-0.39, 0.29) is 0 Å². The summed E-state index contributed by atoms with van der Waals surface area (Å²) in [5.74, 6) is 0. The number of unbranched alkanes of at least 4 members (excludes halogenated alkanes) is 4. The summed E-state index contributed by atoms with van der Waals surface area (Å²) in [5, 5.41) is 0. The molecule has 0 spiro atoms. The van der Waals surface area contributed by atoms with Crippen molar-refractivity contribution in [3.05, 3.63) is 12.2 Å². The third-order valence-corrected chi connectivity index (χ3v) is 3.03. The number of hydrogen-bond acceptors (Lipinski definition) is 1. The topological polar surface area (TPSA) is 9.23 Å².